The highest BCUT2D eigenvalue weighted by Crippen LogP contribution is 2.24. The van der Waals surface area contributed by atoms with Crippen molar-refractivity contribution < 1.29 is 13.5 Å². The number of hydrogen-bond donors (Lipinski definition) is 1. The minimum absolute atomic E-state index is 0. The second-order valence-electron chi connectivity index (χ2n) is 4.41. The van der Waals surface area contributed by atoms with Gasteiger partial charge in [0.15, 0.2) is 0 Å². The van der Waals surface area contributed by atoms with Gasteiger partial charge >= 0.3 is 6.61 Å². The molecule has 112 valence electrons. The molecule has 1 aliphatic heterocycles. The lowest BCUT2D eigenvalue weighted by atomic mass is 10.0. The summed E-state index contributed by atoms with van der Waals surface area (Å²) in [7, 11) is 0. The lowest BCUT2D eigenvalue weighted by Crippen LogP contribution is -2.44. The molecule has 0 bridgehead atoms. The molecular weight excluding hydrogens is 286 g/mol. The Morgan fingerprint density at radius 1 is 1.20 bits per heavy atom. The maximum absolute atomic E-state index is 12.1. The van der Waals surface area contributed by atoms with Crippen molar-refractivity contribution in [2.24, 2.45) is 0 Å². The van der Waals surface area contributed by atoms with Crippen LogP contribution in [0.3, 0.4) is 0 Å². The molecule has 2 rings (SSSR count). The molecule has 0 aromatic heterocycles. The van der Waals surface area contributed by atoms with Gasteiger partial charge in [0.1, 0.15) is 5.75 Å². The molecule has 1 fully saturated rings. The van der Waals surface area contributed by atoms with Crippen molar-refractivity contribution in [3.63, 3.8) is 0 Å². The molecule has 0 amide bonds. The van der Waals surface area contributed by atoms with Gasteiger partial charge in [0.05, 0.1) is 6.04 Å². The second-order valence-corrected chi connectivity index (χ2v) is 4.41. The minimum Gasteiger partial charge on any atom is -0.435 e. The summed E-state index contributed by atoms with van der Waals surface area (Å²) in [5, 5.41) is 3.30. The minimum atomic E-state index is -2.78. The summed E-state index contributed by atoms with van der Waals surface area (Å²) < 4.78 is 28.5. The molecule has 0 aliphatic carbocycles. The Hall–Kier alpha value is -1.17. The van der Waals surface area contributed by atoms with Crippen LogP contribution in [0, 0.1) is 0 Å². The Kier molecular flexibility index (Phi) is 6.91. The fourth-order valence-electron chi connectivity index (χ4n) is 2.30. The molecule has 0 unspecified atom stereocenters. The van der Waals surface area contributed by atoms with E-state index in [4.69, 9.17) is 0 Å². The lowest BCUT2D eigenvalue weighted by molar-refractivity contribution is -0.0498. The standard InChI is InChI=1S/C14H18F2N2O.ClH/c1-2-13(18-9-7-17-8-10-18)11-3-5-12(6-4-11)19-14(15)16;/h2-6,13-14,17H,1,7-10H2;1H/t13-;/m1./s1. The topological polar surface area (TPSA) is 24.5 Å². The van der Waals surface area contributed by atoms with Gasteiger partial charge in [-0.1, -0.05) is 18.2 Å². The van der Waals surface area contributed by atoms with Crippen molar-refractivity contribution in [3.05, 3.63) is 42.5 Å². The van der Waals surface area contributed by atoms with Crippen LogP contribution in [0.1, 0.15) is 11.6 Å². The average molecular weight is 305 g/mol. The number of hydrogen-bond acceptors (Lipinski definition) is 3. The van der Waals surface area contributed by atoms with Crippen LogP contribution in [0.2, 0.25) is 0 Å². The van der Waals surface area contributed by atoms with Crippen LogP contribution in [-0.2, 0) is 0 Å². The fraction of sp³-hybridized carbons (Fsp3) is 0.429. The van der Waals surface area contributed by atoms with Crippen LogP contribution >= 0.6 is 12.4 Å². The second kappa shape index (κ2) is 8.19. The van der Waals surface area contributed by atoms with E-state index in [1.54, 1.807) is 12.1 Å². The van der Waals surface area contributed by atoms with Gasteiger partial charge in [0.25, 0.3) is 0 Å². The zero-order chi connectivity index (χ0) is 13.7. The Bertz CT molecular complexity index is 408. The van der Waals surface area contributed by atoms with Crippen LogP contribution in [0.25, 0.3) is 0 Å². The third-order valence-corrected chi connectivity index (χ3v) is 3.22. The number of rotatable bonds is 5. The smallest absolute Gasteiger partial charge is 0.387 e. The first kappa shape index (κ1) is 16.9. The van der Waals surface area contributed by atoms with Gasteiger partial charge in [-0.3, -0.25) is 4.90 Å². The Morgan fingerprint density at radius 3 is 2.30 bits per heavy atom. The first-order valence-electron chi connectivity index (χ1n) is 6.33. The molecule has 1 atom stereocenters. The maximum Gasteiger partial charge on any atom is 0.387 e. The molecule has 1 aromatic carbocycles. The van der Waals surface area contributed by atoms with Crippen LogP contribution in [-0.4, -0.2) is 37.7 Å². The van der Waals surface area contributed by atoms with Gasteiger partial charge in [-0.15, -0.1) is 19.0 Å². The Morgan fingerprint density at radius 2 is 1.80 bits per heavy atom. The predicted octanol–water partition coefficient (Wildman–Crippen LogP) is 2.84. The Labute approximate surface area is 124 Å². The zero-order valence-corrected chi connectivity index (χ0v) is 11.9. The van der Waals surface area contributed by atoms with Crippen molar-refractivity contribution in [2.45, 2.75) is 12.7 Å². The summed E-state index contributed by atoms with van der Waals surface area (Å²) in [5.41, 5.74) is 1.04. The van der Waals surface area contributed by atoms with Gasteiger partial charge < -0.3 is 10.1 Å². The van der Waals surface area contributed by atoms with Crippen molar-refractivity contribution in [2.75, 3.05) is 26.2 Å². The monoisotopic (exact) mass is 304 g/mol. The molecule has 1 saturated heterocycles. The van der Waals surface area contributed by atoms with Gasteiger partial charge in [-0.05, 0) is 17.7 Å². The summed E-state index contributed by atoms with van der Waals surface area (Å²) in [5.74, 6) is 0.182. The van der Waals surface area contributed by atoms with E-state index in [9.17, 15) is 8.78 Å². The summed E-state index contributed by atoms with van der Waals surface area (Å²) in [6.07, 6.45) is 1.88. The highest BCUT2D eigenvalue weighted by Gasteiger charge is 2.19. The van der Waals surface area contributed by atoms with Crippen molar-refractivity contribution in [3.8, 4) is 5.75 Å². The molecule has 0 radical (unpaired) electrons. The quantitative estimate of drug-likeness (QED) is 0.847. The van der Waals surface area contributed by atoms with Crippen LogP contribution in [0.5, 0.6) is 5.75 Å². The number of halogens is 3. The molecular formula is C14H19ClF2N2O. The van der Waals surface area contributed by atoms with E-state index in [0.717, 1.165) is 31.7 Å². The van der Waals surface area contributed by atoms with E-state index in [2.05, 4.69) is 21.5 Å². The third-order valence-electron chi connectivity index (χ3n) is 3.22. The zero-order valence-electron chi connectivity index (χ0n) is 11.1. The maximum atomic E-state index is 12.1. The van der Waals surface area contributed by atoms with Crippen molar-refractivity contribution in [1.29, 1.82) is 0 Å². The fourth-order valence-corrected chi connectivity index (χ4v) is 2.30. The molecule has 6 heteroatoms. The van der Waals surface area contributed by atoms with Crippen molar-refractivity contribution in [1.82, 2.24) is 10.2 Å². The highest BCUT2D eigenvalue weighted by molar-refractivity contribution is 5.85. The summed E-state index contributed by atoms with van der Waals surface area (Å²) in [4.78, 5) is 2.31. The average Bonchev–Trinajstić information content (AvgIpc) is 2.42. The number of benzene rings is 1. The van der Waals surface area contributed by atoms with E-state index in [0.29, 0.717) is 0 Å². The first-order valence-corrected chi connectivity index (χ1v) is 6.33. The summed E-state index contributed by atoms with van der Waals surface area (Å²) in [6, 6.07) is 6.88. The molecule has 1 N–H and O–H groups in total. The SMILES string of the molecule is C=C[C@H](c1ccc(OC(F)F)cc1)N1CCNCC1.Cl. The van der Waals surface area contributed by atoms with Gasteiger partial charge in [-0.25, -0.2) is 0 Å². The van der Waals surface area contributed by atoms with Crippen molar-refractivity contribution >= 4 is 12.4 Å². The van der Waals surface area contributed by atoms with E-state index in [1.807, 2.05) is 18.2 Å². The van der Waals surface area contributed by atoms with E-state index in [1.165, 1.54) is 0 Å². The number of piperazine rings is 1. The third kappa shape index (κ3) is 4.44. The summed E-state index contributed by atoms with van der Waals surface area (Å²) >= 11 is 0. The molecule has 20 heavy (non-hydrogen) atoms. The number of nitrogens with one attached hydrogen (secondary N) is 1. The molecule has 1 aromatic rings. The van der Waals surface area contributed by atoms with E-state index >= 15 is 0 Å². The van der Waals surface area contributed by atoms with Gasteiger partial charge in [-0.2, -0.15) is 8.78 Å². The normalized spacial score (nSPS) is 17.4. The summed E-state index contributed by atoms with van der Waals surface area (Å²) in [6.45, 7) is 4.90. The number of ether oxygens (including phenoxy) is 1. The predicted molar refractivity (Wildman–Crippen MR) is 77.7 cm³/mol. The Balaban J connectivity index is 0.00000200. The van der Waals surface area contributed by atoms with Crippen LogP contribution in [0.15, 0.2) is 36.9 Å². The van der Waals surface area contributed by atoms with E-state index < -0.39 is 6.61 Å². The lowest BCUT2D eigenvalue weighted by Gasteiger charge is -2.33. The first-order chi connectivity index (χ1) is 9.20. The highest BCUT2D eigenvalue weighted by atomic mass is 35.5. The molecule has 0 saturated carbocycles. The molecule has 1 heterocycles. The van der Waals surface area contributed by atoms with Gasteiger partial charge in [0.2, 0.25) is 0 Å². The largest absolute Gasteiger partial charge is 0.435 e. The van der Waals surface area contributed by atoms with E-state index in [-0.39, 0.29) is 24.2 Å². The van der Waals surface area contributed by atoms with Crippen LogP contribution in [0.4, 0.5) is 8.78 Å². The molecule has 3 nitrogen and oxygen atoms in total. The molecule has 1 aliphatic rings. The van der Waals surface area contributed by atoms with Gasteiger partial charge in [0, 0.05) is 26.2 Å². The van der Waals surface area contributed by atoms with Crippen LogP contribution < -0.4 is 10.1 Å². The molecule has 0 spiro atoms. The number of nitrogens with zero attached hydrogens (tertiary/aromatic N) is 1. The number of alkyl halides is 2.